The van der Waals surface area contributed by atoms with Gasteiger partial charge in [-0.15, -0.1) is 0 Å². The highest BCUT2D eigenvalue weighted by molar-refractivity contribution is 7.91. The van der Waals surface area contributed by atoms with Gasteiger partial charge in [0.15, 0.2) is 4.90 Å². The smallest absolute Gasteiger partial charge is 0.152 e. The molecule has 0 fully saturated rings. The summed E-state index contributed by atoms with van der Waals surface area (Å²) in [5, 5.41) is 0. The van der Waals surface area contributed by atoms with Crippen molar-refractivity contribution in [3.8, 4) is 0 Å². The van der Waals surface area contributed by atoms with Crippen LogP contribution in [0.1, 0.15) is 12.0 Å². The number of alkyl halides is 2. The predicted molar refractivity (Wildman–Crippen MR) is 66.0 cm³/mol. The molecule has 5 heteroatoms. The molecule has 0 heterocycles. The molecule has 0 aromatic heterocycles. The molecule has 0 radical (unpaired) electrons. The molecule has 1 rings (SSSR count). The van der Waals surface area contributed by atoms with Crippen molar-refractivity contribution >= 4 is 11.2 Å². The number of hydrogen-bond donors (Lipinski definition) is 1. The van der Waals surface area contributed by atoms with Crippen molar-refractivity contribution < 1.29 is 13.3 Å². The highest BCUT2D eigenvalue weighted by Crippen LogP contribution is 2.14. The Hall–Kier alpha value is -0.650. The molecular weight excluding hydrogens is 244 g/mol. The summed E-state index contributed by atoms with van der Waals surface area (Å²) in [5.74, 6) is 0.333. The Morgan fingerprint density at radius 1 is 1.24 bits per heavy atom. The molecule has 0 amide bonds. The predicted octanol–water partition coefficient (Wildman–Crippen LogP) is 1.99. The SMILES string of the molecule is NC(CF)Cc1ccc([S+]([O-])CCCF)cc1. The molecule has 0 saturated heterocycles. The zero-order valence-corrected chi connectivity index (χ0v) is 10.4. The first-order chi connectivity index (χ1) is 8.17. The molecule has 1 aromatic rings. The summed E-state index contributed by atoms with van der Waals surface area (Å²) in [7, 11) is 0. The standard InChI is InChI=1S/C12H17F2NOS/c13-6-1-7-17(16)12-4-2-10(3-5-12)8-11(15)9-14/h2-5,11H,1,6-9,15H2. The average Bonchev–Trinajstić information content (AvgIpc) is 2.36. The van der Waals surface area contributed by atoms with E-state index in [4.69, 9.17) is 5.73 Å². The number of hydrogen-bond acceptors (Lipinski definition) is 2. The van der Waals surface area contributed by atoms with E-state index in [2.05, 4.69) is 0 Å². The summed E-state index contributed by atoms with van der Waals surface area (Å²) in [6, 6.07) is 6.55. The first-order valence-electron chi connectivity index (χ1n) is 5.52. The van der Waals surface area contributed by atoms with Crippen LogP contribution >= 0.6 is 0 Å². The van der Waals surface area contributed by atoms with Crippen molar-refractivity contribution in [1.29, 1.82) is 0 Å². The van der Waals surface area contributed by atoms with Crippen molar-refractivity contribution in [1.82, 2.24) is 0 Å². The van der Waals surface area contributed by atoms with Crippen LogP contribution in [0.25, 0.3) is 0 Å². The van der Waals surface area contributed by atoms with E-state index < -0.39 is 30.6 Å². The Balaban J connectivity index is 2.54. The van der Waals surface area contributed by atoms with Crippen LogP contribution in [-0.4, -0.2) is 29.7 Å². The molecule has 0 aliphatic carbocycles. The highest BCUT2D eigenvalue weighted by atomic mass is 32.2. The molecule has 17 heavy (non-hydrogen) atoms. The Morgan fingerprint density at radius 3 is 2.41 bits per heavy atom. The van der Waals surface area contributed by atoms with E-state index in [1.165, 1.54) is 0 Å². The van der Waals surface area contributed by atoms with Gasteiger partial charge >= 0.3 is 0 Å². The molecule has 0 spiro atoms. The van der Waals surface area contributed by atoms with Gasteiger partial charge in [0.1, 0.15) is 12.4 Å². The molecule has 2 nitrogen and oxygen atoms in total. The van der Waals surface area contributed by atoms with E-state index in [0.717, 1.165) is 5.56 Å². The molecule has 1 aromatic carbocycles. The summed E-state index contributed by atoms with van der Waals surface area (Å²) in [6.07, 6.45) is 0.773. The first kappa shape index (κ1) is 14.4. The summed E-state index contributed by atoms with van der Waals surface area (Å²) in [4.78, 5) is 0.677. The molecule has 0 aliphatic heterocycles. The van der Waals surface area contributed by atoms with Gasteiger partial charge in [-0.1, -0.05) is 12.1 Å². The molecule has 96 valence electrons. The Bertz CT molecular complexity index is 321. The fraction of sp³-hybridized carbons (Fsp3) is 0.500. The van der Waals surface area contributed by atoms with Gasteiger partial charge in [-0.3, -0.25) is 4.39 Å². The molecule has 2 atom stereocenters. The van der Waals surface area contributed by atoms with Gasteiger partial charge in [0, 0.05) is 12.5 Å². The third-order valence-electron chi connectivity index (χ3n) is 2.35. The normalized spacial score (nSPS) is 14.6. The van der Waals surface area contributed by atoms with Crippen molar-refractivity contribution in [2.24, 2.45) is 5.73 Å². The van der Waals surface area contributed by atoms with Crippen LogP contribution < -0.4 is 5.73 Å². The maximum Gasteiger partial charge on any atom is 0.152 e. The van der Waals surface area contributed by atoms with Crippen molar-refractivity contribution in [2.45, 2.75) is 23.8 Å². The van der Waals surface area contributed by atoms with Crippen LogP contribution in [0, 0.1) is 0 Å². The van der Waals surface area contributed by atoms with Gasteiger partial charge in [0.05, 0.1) is 6.67 Å². The fourth-order valence-corrected chi connectivity index (χ4v) is 2.48. The lowest BCUT2D eigenvalue weighted by molar-refractivity contribution is 0.427. The summed E-state index contributed by atoms with van der Waals surface area (Å²) >= 11 is -1.15. The number of nitrogens with two attached hydrogens (primary N) is 1. The average molecular weight is 261 g/mol. The monoisotopic (exact) mass is 261 g/mol. The first-order valence-corrected chi connectivity index (χ1v) is 6.84. The minimum absolute atomic E-state index is 0.307. The van der Waals surface area contributed by atoms with E-state index in [-0.39, 0.29) is 0 Å². The van der Waals surface area contributed by atoms with Gasteiger partial charge in [-0.05, 0) is 35.3 Å². The van der Waals surface area contributed by atoms with Gasteiger partial charge in [-0.2, -0.15) is 0 Å². The van der Waals surface area contributed by atoms with Gasteiger partial charge in [0.2, 0.25) is 0 Å². The fourth-order valence-electron chi connectivity index (χ4n) is 1.44. The lowest BCUT2D eigenvalue weighted by atomic mass is 10.1. The lowest BCUT2D eigenvalue weighted by Crippen LogP contribution is -2.24. The van der Waals surface area contributed by atoms with Crippen LogP contribution in [-0.2, 0) is 17.6 Å². The minimum Gasteiger partial charge on any atom is -0.611 e. The Kier molecular flexibility index (Phi) is 6.47. The van der Waals surface area contributed by atoms with E-state index in [1.54, 1.807) is 24.3 Å². The van der Waals surface area contributed by atoms with Crippen molar-refractivity contribution in [3.05, 3.63) is 29.8 Å². The van der Waals surface area contributed by atoms with Gasteiger partial charge < -0.3 is 10.3 Å². The maximum atomic E-state index is 12.2. The van der Waals surface area contributed by atoms with Crippen molar-refractivity contribution in [2.75, 3.05) is 19.1 Å². The lowest BCUT2D eigenvalue weighted by Gasteiger charge is -2.11. The third-order valence-corrected chi connectivity index (χ3v) is 3.80. The van der Waals surface area contributed by atoms with Crippen molar-refractivity contribution in [3.63, 3.8) is 0 Å². The third kappa shape index (κ3) is 5.02. The van der Waals surface area contributed by atoms with E-state index in [1.807, 2.05) is 0 Å². The molecule has 0 saturated carbocycles. The van der Waals surface area contributed by atoms with Crippen LogP contribution in [0.5, 0.6) is 0 Å². The molecule has 0 aliphatic rings. The second-order valence-electron chi connectivity index (χ2n) is 3.85. The Labute approximate surface area is 103 Å². The van der Waals surface area contributed by atoms with E-state index in [0.29, 0.717) is 23.5 Å². The Morgan fingerprint density at radius 2 is 1.88 bits per heavy atom. The number of halogens is 2. The van der Waals surface area contributed by atoms with Crippen LogP contribution in [0.4, 0.5) is 8.78 Å². The number of rotatable bonds is 7. The van der Waals surface area contributed by atoms with Crippen LogP contribution in [0.15, 0.2) is 29.2 Å². The quantitative estimate of drug-likeness (QED) is 0.763. The zero-order chi connectivity index (χ0) is 12.7. The maximum absolute atomic E-state index is 12.2. The van der Waals surface area contributed by atoms with E-state index in [9.17, 15) is 13.3 Å². The highest BCUT2D eigenvalue weighted by Gasteiger charge is 2.10. The minimum atomic E-state index is -1.15. The van der Waals surface area contributed by atoms with Crippen LogP contribution in [0.3, 0.4) is 0 Å². The topological polar surface area (TPSA) is 49.1 Å². The van der Waals surface area contributed by atoms with E-state index >= 15 is 0 Å². The molecule has 2 unspecified atom stereocenters. The number of benzene rings is 1. The van der Waals surface area contributed by atoms with Gasteiger partial charge in [-0.25, -0.2) is 4.39 Å². The van der Waals surface area contributed by atoms with Gasteiger partial charge in [0.25, 0.3) is 0 Å². The van der Waals surface area contributed by atoms with Crippen LogP contribution in [0.2, 0.25) is 0 Å². The molecular formula is C12H17F2NOS. The largest absolute Gasteiger partial charge is 0.611 e. The summed E-state index contributed by atoms with van der Waals surface area (Å²) in [6.45, 7) is -1.00. The molecule has 0 bridgehead atoms. The second-order valence-corrected chi connectivity index (χ2v) is 5.43. The molecule has 2 N–H and O–H groups in total. The second kappa shape index (κ2) is 7.63. The zero-order valence-electron chi connectivity index (χ0n) is 9.57. The summed E-state index contributed by atoms with van der Waals surface area (Å²) in [5.41, 5.74) is 6.41. The summed E-state index contributed by atoms with van der Waals surface area (Å²) < 4.78 is 35.8.